The summed E-state index contributed by atoms with van der Waals surface area (Å²) in [6.07, 6.45) is -5.98. The summed E-state index contributed by atoms with van der Waals surface area (Å²) in [5.74, 6) is -16.4. The van der Waals surface area contributed by atoms with Crippen molar-refractivity contribution < 1.29 is 49.8 Å². The molecule has 0 aliphatic heterocycles. The molecule has 0 unspecified atom stereocenters. The van der Waals surface area contributed by atoms with Crippen LogP contribution in [0.25, 0.3) is 0 Å². The second-order valence-corrected chi connectivity index (χ2v) is 4.46. The van der Waals surface area contributed by atoms with E-state index in [1.54, 1.807) is 0 Å². The summed E-state index contributed by atoms with van der Waals surface area (Å²) < 4.78 is 94.6. The highest BCUT2D eigenvalue weighted by Crippen LogP contribution is 2.46. The summed E-state index contributed by atoms with van der Waals surface area (Å²) in [7, 11) is 0. The monoisotopic (exact) mass is 356 g/mol. The Bertz CT molecular complexity index is 407. The van der Waals surface area contributed by atoms with Crippen molar-refractivity contribution >= 4 is 11.9 Å². The van der Waals surface area contributed by atoms with Crippen molar-refractivity contribution in [1.29, 1.82) is 0 Å². The average Bonchev–Trinajstić information content (AvgIpc) is 2.42. The molecule has 0 fully saturated rings. The topological polar surface area (TPSA) is 52.6 Å². The molecule has 0 aromatic rings. The number of halogens is 7. The molecule has 0 saturated carbocycles. The fraction of sp³-hybridized carbons (Fsp3) is 0.833. The molecule has 0 radical (unpaired) electrons. The Morgan fingerprint density at radius 1 is 0.870 bits per heavy atom. The number of rotatable bonds is 9. The number of esters is 2. The molecule has 0 rings (SSSR count). The van der Waals surface area contributed by atoms with Gasteiger partial charge in [-0.3, -0.25) is 4.79 Å². The van der Waals surface area contributed by atoms with Gasteiger partial charge in [0.15, 0.2) is 0 Å². The van der Waals surface area contributed by atoms with E-state index < -0.39 is 36.6 Å². The first-order chi connectivity index (χ1) is 10.4. The molecule has 4 nitrogen and oxygen atoms in total. The minimum absolute atomic E-state index is 0.130. The number of hydrogen-bond acceptors (Lipinski definition) is 4. The lowest BCUT2D eigenvalue weighted by Crippen LogP contribution is -2.56. The van der Waals surface area contributed by atoms with Crippen LogP contribution in [0.3, 0.4) is 0 Å². The molecule has 0 bridgehead atoms. The van der Waals surface area contributed by atoms with E-state index in [1.807, 2.05) is 6.92 Å². The lowest BCUT2D eigenvalue weighted by atomic mass is 10.1. The van der Waals surface area contributed by atoms with Gasteiger partial charge >= 0.3 is 30.0 Å². The summed E-state index contributed by atoms with van der Waals surface area (Å²) in [5, 5.41) is 0. The Morgan fingerprint density at radius 2 is 1.39 bits per heavy atom. The maximum absolute atomic E-state index is 12.8. The van der Waals surface area contributed by atoms with Crippen molar-refractivity contribution in [1.82, 2.24) is 0 Å². The zero-order chi connectivity index (χ0) is 18.3. The zero-order valence-corrected chi connectivity index (χ0v) is 12.0. The van der Waals surface area contributed by atoms with Gasteiger partial charge in [-0.15, -0.1) is 0 Å². The normalized spacial score (nSPS) is 12.9. The van der Waals surface area contributed by atoms with Gasteiger partial charge in [-0.2, -0.15) is 30.7 Å². The fourth-order valence-electron chi connectivity index (χ4n) is 1.18. The minimum atomic E-state index is -6.61. The van der Waals surface area contributed by atoms with Crippen LogP contribution in [0.4, 0.5) is 30.7 Å². The van der Waals surface area contributed by atoms with Gasteiger partial charge in [0.1, 0.15) is 0 Å². The first-order valence-electron chi connectivity index (χ1n) is 6.53. The molecule has 136 valence electrons. The van der Waals surface area contributed by atoms with Crippen LogP contribution in [0.2, 0.25) is 0 Å². The van der Waals surface area contributed by atoms with Crippen LogP contribution < -0.4 is 0 Å². The smallest absolute Gasteiger partial charge is 0.460 e. The minimum Gasteiger partial charge on any atom is -0.466 e. The molecule has 0 aliphatic rings. The summed E-state index contributed by atoms with van der Waals surface area (Å²) >= 11 is 0. The highest BCUT2D eigenvalue weighted by Gasteiger charge is 2.77. The van der Waals surface area contributed by atoms with Crippen molar-refractivity contribution in [3.8, 4) is 0 Å². The Labute approximate surface area is 126 Å². The second kappa shape index (κ2) is 8.34. The average molecular weight is 356 g/mol. The third-order valence-electron chi connectivity index (χ3n) is 2.53. The van der Waals surface area contributed by atoms with Gasteiger partial charge in [0.25, 0.3) is 0 Å². The molecule has 0 aliphatic carbocycles. The zero-order valence-electron chi connectivity index (χ0n) is 12.0. The summed E-state index contributed by atoms with van der Waals surface area (Å²) in [6, 6.07) is 0. The van der Waals surface area contributed by atoms with E-state index in [4.69, 9.17) is 0 Å². The number of unbranched alkanes of at least 4 members (excludes halogenated alkanes) is 1. The summed E-state index contributed by atoms with van der Waals surface area (Å²) in [5.41, 5.74) is 0. The van der Waals surface area contributed by atoms with E-state index in [0.717, 1.165) is 6.42 Å². The maximum atomic E-state index is 12.8. The Morgan fingerprint density at radius 3 is 1.87 bits per heavy atom. The van der Waals surface area contributed by atoms with Crippen molar-refractivity contribution in [3.05, 3.63) is 0 Å². The molecule has 0 heterocycles. The van der Waals surface area contributed by atoms with Crippen molar-refractivity contribution in [2.24, 2.45) is 0 Å². The molecule has 11 heteroatoms. The van der Waals surface area contributed by atoms with E-state index in [1.165, 1.54) is 0 Å². The number of ether oxygens (including phenoxy) is 2. The molecule has 0 atom stereocenters. The predicted octanol–water partition coefficient (Wildman–Crippen LogP) is 3.49. The summed E-state index contributed by atoms with van der Waals surface area (Å²) in [6.45, 7) is 1.04. The Balaban J connectivity index is 4.32. The van der Waals surface area contributed by atoms with Crippen molar-refractivity contribution in [2.45, 2.75) is 50.6 Å². The van der Waals surface area contributed by atoms with Crippen LogP contribution in [0.15, 0.2) is 0 Å². The first-order valence-corrected chi connectivity index (χ1v) is 6.53. The lowest BCUT2D eigenvalue weighted by molar-refractivity contribution is -0.348. The van der Waals surface area contributed by atoms with Gasteiger partial charge in [-0.1, -0.05) is 13.3 Å². The third kappa shape index (κ3) is 5.87. The Hall–Kier alpha value is -1.55. The van der Waals surface area contributed by atoms with Crippen LogP contribution in [-0.4, -0.2) is 43.2 Å². The Kier molecular flexibility index (Phi) is 7.78. The summed E-state index contributed by atoms with van der Waals surface area (Å²) in [4.78, 5) is 21.8. The predicted molar refractivity (Wildman–Crippen MR) is 62.0 cm³/mol. The maximum Gasteiger partial charge on any atom is 0.460 e. The molecular formula is C12H15F7O4. The molecule has 0 N–H and O–H groups in total. The first kappa shape index (κ1) is 21.4. The quantitative estimate of drug-likeness (QED) is 0.361. The third-order valence-corrected chi connectivity index (χ3v) is 2.53. The number of alkyl halides is 7. The molecule has 23 heavy (non-hydrogen) atoms. The van der Waals surface area contributed by atoms with E-state index in [-0.39, 0.29) is 19.4 Å². The van der Waals surface area contributed by atoms with Gasteiger partial charge in [0.2, 0.25) is 0 Å². The number of carbonyl (C=O) groups excluding carboxylic acids is 2. The van der Waals surface area contributed by atoms with E-state index in [2.05, 4.69) is 9.47 Å². The van der Waals surface area contributed by atoms with Crippen LogP contribution in [-0.2, 0) is 19.1 Å². The van der Waals surface area contributed by atoms with E-state index >= 15 is 0 Å². The largest absolute Gasteiger partial charge is 0.466 e. The van der Waals surface area contributed by atoms with Crippen molar-refractivity contribution in [2.75, 3.05) is 13.2 Å². The van der Waals surface area contributed by atoms with Crippen LogP contribution in [0.5, 0.6) is 0 Å². The molecular weight excluding hydrogens is 341 g/mol. The fourth-order valence-corrected chi connectivity index (χ4v) is 1.18. The van der Waals surface area contributed by atoms with Crippen LogP contribution in [0.1, 0.15) is 32.6 Å². The molecule has 0 aromatic carbocycles. The molecule has 0 amide bonds. The molecule has 0 aromatic heterocycles. The molecule has 0 saturated heterocycles. The highest BCUT2D eigenvalue weighted by atomic mass is 19.4. The van der Waals surface area contributed by atoms with Gasteiger partial charge in [0, 0.05) is 6.42 Å². The SMILES string of the molecule is CCCCOC(=O)CCCOC(=O)C(F)(F)C(F)(F)C(F)(F)F. The second-order valence-electron chi connectivity index (χ2n) is 4.46. The van der Waals surface area contributed by atoms with Gasteiger partial charge in [-0.25, -0.2) is 4.79 Å². The molecule has 0 spiro atoms. The van der Waals surface area contributed by atoms with Crippen LogP contribution in [0, 0.1) is 0 Å². The van der Waals surface area contributed by atoms with Gasteiger partial charge in [-0.05, 0) is 12.8 Å². The van der Waals surface area contributed by atoms with Gasteiger partial charge in [0.05, 0.1) is 13.2 Å². The van der Waals surface area contributed by atoms with Crippen LogP contribution >= 0.6 is 0 Å². The number of hydrogen-bond donors (Lipinski definition) is 0. The highest BCUT2D eigenvalue weighted by molar-refractivity contribution is 5.79. The lowest BCUT2D eigenvalue weighted by Gasteiger charge is -2.26. The number of carbonyl (C=O) groups is 2. The van der Waals surface area contributed by atoms with Gasteiger partial charge < -0.3 is 9.47 Å². The van der Waals surface area contributed by atoms with E-state index in [0.29, 0.717) is 6.42 Å². The standard InChI is InChI=1S/C12H15F7O4/c1-2-3-6-22-8(20)5-4-7-23-9(21)10(13,14)11(15,16)12(17,18)19/h2-7H2,1H3. The van der Waals surface area contributed by atoms with Crippen molar-refractivity contribution in [3.63, 3.8) is 0 Å². The van der Waals surface area contributed by atoms with E-state index in [9.17, 15) is 40.3 Å².